The third-order valence-corrected chi connectivity index (χ3v) is 9.69. The second kappa shape index (κ2) is 7.18. The van der Waals surface area contributed by atoms with E-state index in [1.807, 2.05) is 0 Å². The predicted molar refractivity (Wildman–Crippen MR) is 127 cm³/mol. The summed E-state index contributed by atoms with van der Waals surface area (Å²) in [6.07, 6.45) is 13.4. The lowest BCUT2D eigenvalue weighted by molar-refractivity contribution is 0.354. The van der Waals surface area contributed by atoms with Gasteiger partial charge in [-0.25, -0.2) is 0 Å². The zero-order chi connectivity index (χ0) is 20.0. The summed E-state index contributed by atoms with van der Waals surface area (Å²) in [6.45, 7) is 7.32. The summed E-state index contributed by atoms with van der Waals surface area (Å²) in [5.41, 5.74) is 8.26. The molecule has 1 radical (unpaired) electrons. The van der Waals surface area contributed by atoms with E-state index in [1.54, 1.807) is 0 Å². The number of hydrogen-bond acceptors (Lipinski definition) is 1. The molecule has 0 atom stereocenters. The highest BCUT2D eigenvalue weighted by atomic mass is 28.3. The molecule has 2 heteroatoms. The summed E-state index contributed by atoms with van der Waals surface area (Å²) in [4.78, 5) is 0. The maximum absolute atomic E-state index is 4.20. The Morgan fingerprint density at radius 2 is 1.72 bits per heavy atom. The largest absolute Gasteiger partial charge is 0.382 e. The topological polar surface area (TPSA) is 12.0 Å². The smallest absolute Gasteiger partial charge is 0.0736 e. The fourth-order valence-electron chi connectivity index (χ4n) is 5.40. The van der Waals surface area contributed by atoms with E-state index in [0.717, 1.165) is 0 Å². The molecular weight excluding hydrogens is 366 g/mol. The first-order valence-electron chi connectivity index (χ1n) is 11.0. The lowest BCUT2D eigenvalue weighted by atomic mass is 9.93. The molecule has 0 unspecified atom stereocenters. The van der Waals surface area contributed by atoms with Gasteiger partial charge in [-0.15, -0.1) is 0 Å². The minimum Gasteiger partial charge on any atom is -0.382 e. The first kappa shape index (κ1) is 18.7. The Hall–Kier alpha value is -2.32. The predicted octanol–water partition coefficient (Wildman–Crippen LogP) is 5.02. The van der Waals surface area contributed by atoms with Gasteiger partial charge in [0, 0.05) is 16.1 Å². The molecule has 3 aliphatic rings. The van der Waals surface area contributed by atoms with Crippen molar-refractivity contribution in [3.05, 3.63) is 81.2 Å². The van der Waals surface area contributed by atoms with Gasteiger partial charge in [-0.05, 0) is 65.0 Å². The Morgan fingerprint density at radius 3 is 2.45 bits per heavy atom. The van der Waals surface area contributed by atoms with Crippen LogP contribution in [-0.2, 0) is 0 Å². The van der Waals surface area contributed by atoms with Crippen LogP contribution in [-0.4, -0.2) is 14.0 Å². The average molecular weight is 397 g/mol. The zero-order valence-electron chi connectivity index (χ0n) is 17.8. The van der Waals surface area contributed by atoms with E-state index in [1.165, 1.54) is 76.1 Å². The van der Waals surface area contributed by atoms with Gasteiger partial charge in [0.2, 0.25) is 0 Å². The Bertz CT molecular complexity index is 1130. The van der Waals surface area contributed by atoms with Crippen LogP contribution >= 0.6 is 0 Å². The van der Waals surface area contributed by atoms with Crippen molar-refractivity contribution >= 4 is 32.2 Å². The van der Waals surface area contributed by atoms with Crippen LogP contribution in [0.4, 0.5) is 0 Å². The van der Waals surface area contributed by atoms with E-state index in [9.17, 15) is 0 Å². The van der Waals surface area contributed by atoms with Gasteiger partial charge < -0.3 is 5.32 Å². The Balaban J connectivity index is 1.71. The van der Waals surface area contributed by atoms with E-state index in [-0.39, 0.29) is 0 Å². The van der Waals surface area contributed by atoms with Crippen molar-refractivity contribution in [2.45, 2.75) is 57.3 Å². The molecule has 1 fully saturated rings. The van der Waals surface area contributed by atoms with Crippen molar-refractivity contribution in [1.82, 2.24) is 5.32 Å². The van der Waals surface area contributed by atoms with Crippen molar-refractivity contribution in [2.24, 2.45) is 0 Å². The lowest BCUT2D eigenvalue weighted by Crippen LogP contribution is -2.55. The SMILES string of the molecule is CC1=C(c2ccccc2)c2cc3c(cc2=C1NC1([Si](C)C)CCCCC1)C=CC=3. The van der Waals surface area contributed by atoms with Crippen molar-refractivity contribution < 1.29 is 0 Å². The van der Waals surface area contributed by atoms with Gasteiger partial charge >= 0.3 is 0 Å². The van der Waals surface area contributed by atoms with E-state index >= 15 is 0 Å². The number of rotatable bonds is 4. The molecule has 147 valence electrons. The summed E-state index contributed by atoms with van der Waals surface area (Å²) >= 11 is 0. The highest BCUT2D eigenvalue weighted by molar-refractivity contribution is 6.59. The third kappa shape index (κ3) is 3.05. The first-order chi connectivity index (χ1) is 14.1. The molecule has 1 saturated carbocycles. The number of benzene rings is 2. The molecule has 0 bridgehead atoms. The third-order valence-electron chi connectivity index (χ3n) is 7.15. The van der Waals surface area contributed by atoms with Crippen molar-refractivity contribution in [2.75, 3.05) is 0 Å². The molecule has 1 nitrogen and oxygen atoms in total. The van der Waals surface area contributed by atoms with Crippen LogP contribution < -0.4 is 15.8 Å². The van der Waals surface area contributed by atoms with E-state index in [2.05, 4.69) is 86.0 Å². The van der Waals surface area contributed by atoms with Crippen LogP contribution in [0.5, 0.6) is 0 Å². The Kier molecular flexibility index (Phi) is 4.63. The molecule has 5 rings (SSSR count). The highest BCUT2D eigenvalue weighted by Gasteiger charge is 2.38. The quantitative estimate of drug-likeness (QED) is 0.715. The Labute approximate surface area is 176 Å². The lowest BCUT2D eigenvalue weighted by Gasteiger charge is -2.42. The molecule has 0 saturated heterocycles. The molecule has 2 aromatic carbocycles. The van der Waals surface area contributed by atoms with Crippen LogP contribution in [0.3, 0.4) is 0 Å². The summed E-state index contributed by atoms with van der Waals surface area (Å²) < 4.78 is 0. The van der Waals surface area contributed by atoms with Crippen molar-refractivity contribution in [3.63, 3.8) is 0 Å². The number of allylic oxidation sites excluding steroid dienone is 1. The first-order valence-corrected chi connectivity index (χ1v) is 13.5. The maximum Gasteiger partial charge on any atom is 0.0736 e. The van der Waals surface area contributed by atoms with Crippen LogP contribution in [0.25, 0.3) is 23.4 Å². The van der Waals surface area contributed by atoms with Gasteiger partial charge in [-0.1, -0.05) is 80.9 Å². The summed E-state index contributed by atoms with van der Waals surface area (Å²) in [6, 6.07) is 15.8. The van der Waals surface area contributed by atoms with Crippen LogP contribution in [0, 0.1) is 0 Å². The average Bonchev–Trinajstić information content (AvgIpc) is 3.30. The zero-order valence-corrected chi connectivity index (χ0v) is 18.8. The van der Waals surface area contributed by atoms with Crippen LogP contribution in [0.2, 0.25) is 13.1 Å². The van der Waals surface area contributed by atoms with E-state index in [0.29, 0.717) is 5.16 Å². The standard InChI is InChI=1S/C27H30NSi/c1-19-25(20-11-6-4-7-12-20)23-17-21-13-10-14-22(21)18-24(23)26(19)28-27(29(2)3)15-8-5-9-16-27/h4,6-7,10-14,17-18,28H,5,8-9,15-16H2,1-3H3. The minimum absolute atomic E-state index is 0.309. The normalized spacial score (nSPS) is 19.4. The van der Waals surface area contributed by atoms with Crippen LogP contribution in [0.15, 0.2) is 54.1 Å². The van der Waals surface area contributed by atoms with E-state index < -0.39 is 8.80 Å². The molecule has 0 spiro atoms. The maximum atomic E-state index is 4.20. The van der Waals surface area contributed by atoms with Gasteiger partial charge in [-0.3, -0.25) is 0 Å². The monoisotopic (exact) mass is 396 g/mol. The molecular formula is C27H30NSi. The minimum atomic E-state index is -0.474. The molecule has 0 amide bonds. The van der Waals surface area contributed by atoms with Crippen molar-refractivity contribution in [3.8, 4) is 0 Å². The van der Waals surface area contributed by atoms with E-state index in [4.69, 9.17) is 0 Å². The van der Waals surface area contributed by atoms with Gasteiger partial charge in [0.1, 0.15) is 0 Å². The summed E-state index contributed by atoms with van der Waals surface area (Å²) in [5, 5.41) is 7.25. The molecule has 0 heterocycles. The second-order valence-corrected chi connectivity index (χ2v) is 12.0. The van der Waals surface area contributed by atoms with Gasteiger partial charge in [-0.2, -0.15) is 0 Å². The fourth-order valence-corrected chi connectivity index (χ4v) is 7.13. The molecule has 29 heavy (non-hydrogen) atoms. The number of fused-ring (bicyclic) bond motifs is 2. The summed E-state index contributed by atoms with van der Waals surface area (Å²) in [7, 11) is -0.474. The molecule has 0 aromatic heterocycles. The highest BCUT2D eigenvalue weighted by Crippen LogP contribution is 2.37. The summed E-state index contributed by atoms with van der Waals surface area (Å²) in [5.74, 6) is 0. The fraction of sp³-hybridized carbons (Fsp3) is 0.333. The second-order valence-electron chi connectivity index (χ2n) is 9.06. The van der Waals surface area contributed by atoms with Crippen molar-refractivity contribution in [1.29, 1.82) is 0 Å². The molecule has 1 N–H and O–H groups in total. The Morgan fingerprint density at radius 1 is 0.966 bits per heavy atom. The number of hydrogen-bond donors (Lipinski definition) is 1. The number of nitrogens with one attached hydrogen (secondary N) is 1. The molecule has 3 aliphatic carbocycles. The van der Waals surface area contributed by atoms with Gasteiger partial charge in [0.15, 0.2) is 0 Å². The van der Waals surface area contributed by atoms with Crippen LogP contribution in [0.1, 0.15) is 55.7 Å². The molecule has 0 aliphatic heterocycles. The van der Waals surface area contributed by atoms with Gasteiger partial charge in [0.05, 0.1) is 8.80 Å². The molecule has 2 aromatic rings. The van der Waals surface area contributed by atoms with Gasteiger partial charge in [0.25, 0.3) is 0 Å².